The van der Waals surface area contributed by atoms with E-state index >= 15 is 0 Å². The quantitative estimate of drug-likeness (QED) is 0.668. The normalized spacial score (nSPS) is 14.2. The molecule has 7 heteroatoms. The summed E-state index contributed by atoms with van der Waals surface area (Å²) in [5, 5.41) is 3.53. The Morgan fingerprint density at radius 3 is 2.67 bits per heavy atom. The van der Waals surface area contributed by atoms with Gasteiger partial charge in [-0.1, -0.05) is 18.2 Å². The number of methoxy groups -OCH3 is 1. The minimum absolute atomic E-state index is 0.417. The smallest absolute Gasteiger partial charge is 0.212 e. The molecule has 0 saturated carbocycles. The molecule has 1 aliphatic rings. The Bertz CT molecular complexity index is 1170. The molecule has 1 aliphatic heterocycles. The summed E-state index contributed by atoms with van der Waals surface area (Å²) in [4.78, 5) is 4.32. The van der Waals surface area contributed by atoms with Crippen LogP contribution in [0.4, 0.5) is 11.4 Å². The van der Waals surface area contributed by atoms with Gasteiger partial charge in [-0.3, -0.25) is 0 Å². The largest absolute Gasteiger partial charge is 0.481 e. The lowest BCUT2D eigenvalue weighted by Crippen LogP contribution is -2.35. The maximum Gasteiger partial charge on any atom is 0.212 e. The molecule has 4 rings (SSSR count). The van der Waals surface area contributed by atoms with Crippen LogP contribution in [0.5, 0.6) is 5.88 Å². The molecule has 2 aromatic carbocycles. The van der Waals surface area contributed by atoms with E-state index in [0.29, 0.717) is 25.4 Å². The van der Waals surface area contributed by atoms with Crippen molar-refractivity contribution in [3.63, 3.8) is 0 Å². The highest BCUT2D eigenvalue weighted by Gasteiger charge is 2.24. The van der Waals surface area contributed by atoms with Gasteiger partial charge in [0, 0.05) is 42.3 Å². The van der Waals surface area contributed by atoms with E-state index in [1.165, 1.54) is 16.1 Å². The maximum atomic E-state index is 11.9. The minimum Gasteiger partial charge on any atom is -0.481 e. The van der Waals surface area contributed by atoms with E-state index in [0.717, 1.165) is 33.6 Å². The van der Waals surface area contributed by atoms with Crippen molar-refractivity contribution in [2.45, 2.75) is 19.9 Å². The molecular weight excluding hydrogens is 398 g/mol. The Hall–Kier alpha value is -2.90. The topological polar surface area (TPSA) is 71.5 Å². The number of hydrogen-bond acceptors (Lipinski definition) is 5. The molecule has 0 radical (unpaired) electrons. The first-order valence-corrected chi connectivity index (χ1v) is 11.6. The fraction of sp³-hybridized carbons (Fsp3) is 0.261. The number of ether oxygens (including phenoxy) is 1. The summed E-state index contributed by atoms with van der Waals surface area (Å²) < 4.78 is 30.5. The van der Waals surface area contributed by atoms with E-state index < -0.39 is 10.0 Å². The second-order valence-electron chi connectivity index (χ2n) is 7.53. The summed E-state index contributed by atoms with van der Waals surface area (Å²) in [6, 6.07) is 16.1. The number of sulfonamides is 1. The maximum absolute atomic E-state index is 11.9. The van der Waals surface area contributed by atoms with E-state index in [1.807, 2.05) is 36.5 Å². The molecule has 3 aromatic rings. The highest BCUT2D eigenvalue weighted by atomic mass is 32.2. The SMILES string of the molecule is COc1ccc(-c2cc(Nc3cccc4c3CCN(S(C)(=O)=O)C4)ccc2C)cn1. The highest BCUT2D eigenvalue weighted by Crippen LogP contribution is 2.32. The first-order chi connectivity index (χ1) is 14.3. The standard InChI is InChI=1S/C23H25N3O3S/c1-16-7-9-19(13-21(16)17-8-10-23(29-2)24-14-17)25-22-6-4-5-18-15-26(30(3,27)28)12-11-20(18)22/h4-10,13-14,25H,11-12,15H2,1-3H3. The third kappa shape index (κ3) is 4.17. The van der Waals surface area contributed by atoms with Gasteiger partial charge in [0.2, 0.25) is 15.9 Å². The van der Waals surface area contributed by atoms with Crippen LogP contribution in [0, 0.1) is 6.92 Å². The van der Waals surface area contributed by atoms with Gasteiger partial charge in [0.05, 0.1) is 13.4 Å². The molecule has 0 amide bonds. The van der Waals surface area contributed by atoms with Crippen molar-refractivity contribution in [3.8, 4) is 17.0 Å². The van der Waals surface area contributed by atoms with Gasteiger partial charge in [-0.05, 0) is 59.9 Å². The number of rotatable bonds is 5. The van der Waals surface area contributed by atoms with Crippen molar-refractivity contribution in [2.24, 2.45) is 0 Å². The van der Waals surface area contributed by atoms with Gasteiger partial charge in [0.25, 0.3) is 0 Å². The van der Waals surface area contributed by atoms with Crippen LogP contribution >= 0.6 is 0 Å². The van der Waals surface area contributed by atoms with Crippen LogP contribution in [0.25, 0.3) is 11.1 Å². The number of nitrogens with one attached hydrogen (secondary N) is 1. The predicted molar refractivity (Wildman–Crippen MR) is 120 cm³/mol. The second kappa shape index (κ2) is 8.08. The first-order valence-electron chi connectivity index (χ1n) is 9.79. The van der Waals surface area contributed by atoms with Crippen LogP contribution in [0.3, 0.4) is 0 Å². The lowest BCUT2D eigenvalue weighted by atomic mass is 9.98. The predicted octanol–water partition coefficient (Wildman–Crippen LogP) is 4.13. The average molecular weight is 424 g/mol. The number of aryl methyl sites for hydroxylation is 1. The molecule has 156 valence electrons. The molecule has 1 N–H and O–H groups in total. The second-order valence-corrected chi connectivity index (χ2v) is 9.52. The van der Waals surface area contributed by atoms with E-state index in [9.17, 15) is 8.42 Å². The van der Waals surface area contributed by atoms with Crippen LogP contribution in [-0.4, -0.2) is 37.6 Å². The third-order valence-electron chi connectivity index (χ3n) is 5.47. The molecule has 2 heterocycles. The summed E-state index contributed by atoms with van der Waals surface area (Å²) in [6.07, 6.45) is 3.77. The Morgan fingerprint density at radius 1 is 1.13 bits per heavy atom. The van der Waals surface area contributed by atoms with Crippen molar-refractivity contribution in [1.82, 2.24) is 9.29 Å². The average Bonchev–Trinajstić information content (AvgIpc) is 2.74. The molecule has 0 saturated heterocycles. The Labute approximate surface area is 177 Å². The van der Waals surface area contributed by atoms with E-state index in [-0.39, 0.29) is 0 Å². The van der Waals surface area contributed by atoms with Gasteiger partial charge in [0.1, 0.15) is 0 Å². The molecule has 0 spiro atoms. The summed E-state index contributed by atoms with van der Waals surface area (Å²) in [7, 11) is -1.58. The molecule has 0 fully saturated rings. The number of anilines is 2. The minimum atomic E-state index is -3.19. The first kappa shape index (κ1) is 20.4. The van der Waals surface area contributed by atoms with Crippen LogP contribution in [0.1, 0.15) is 16.7 Å². The molecular formula is C23H25N3O3S. The van der Waals surface area contributed by atoms with E-state index in [2.05, 4.69) is 35.4 Å². The summed E-state index contributed by atoms with van der Waals surface area (Å²) in [5.74, 6) is 0.588. The molecule has 0 bridgehead atoms. The Kier molecular flexibility index (Phi) is 5.49. The number of nitrogens with zero attached hydrogens (tertiary/aromatic N) is 2. The molecule has 30 heavy (non-hydrogen) atoms. The summed E-state index contributed by atoms with van der Waals surface area (Å²) in [6.45, 7) is 3.00. The molecule has 0 unspecified atom stereocenters. The number of pyridine rings is 1. The Balaban J connectivity index is 1.63. The highest BCUT2D eigenvalue weighted by molar-refractivity contribution is 7.88. The van der Waals surface area contributed by atoms with Gasteiger partial charge in [-0.15, -0.1) is 0 Å². The summed E-state index contributed by atoms with van der Waals surface area (Å²) >= 11 is 0. The van der Waals surface area contributed by atoms with E-state index in [1.54, 1.807) is 7.11 Å². The molecule has 0 atom stereocenters. The van der Waals surface area contributed by atoms with Crippen LogP contribution in [0.15, 0.2) is 54.7 Å². The van der Waals surface area contributed by atoms with Gasteiger partial charge in [-0.25, -0.2) is 13.4 Å². The van der Waals surface area contributed by atoms with Crippen LogP contribution in [-0.2, 0) is 23.0 Å². The van der Waals surface area contributed by atoms with Gasteiger partial charge in [0.15, 0.2) is 0 Å². The molecule has 1 aromatic heterocycles. The number of aromatic nitrogens is 1. The number of hydrogen-bond donors (Lipinski definition) is 1. The fourth-order valence-electron chi connectivity index (χ4n) is 3.81. The zero-order valence-corrected chi connectivity index (χ0v) is 18.2. The van der Waals surface area contributed by atoms with Gasteiger partial charge in [-0.2, -0.15) is 4.31 Å². The van der Waals surface area contributed by atoms with Crippen molar-refractivity contribution >= 4 is 21.4 Å². The zero-order valence-electron chi connectivity index (χ0n) is 17.3. The Morgan fingerprint density at radius 2 is 1.97 bits per heavy atom. The number of fused-ring (bicyclic) bond motifs is 1. The fourth-order valence-corrected chi connectivity index (χ4v) is 4.61. The van der Waals surface area contributed by atoms with Crippen LogP contribution < -0.4 is 10.1 Å². The monoisotopic (exact) mass is 423 g/mol. The van der Waals surface area contributed by atoms with Crippen LogP contribution in [0.2, 0.25) is 0 Å². The zero-order chi connectivity index (χ0) is 21.3. The number of benzene rings is 2. The van der Waals surface area contributed by atoms with Crippen molar-refractivity contribution < 1.29 is 13.2 Å². The lowest BCUT2D eigenvalue weighted by Gasteiger charge is -2.28. The molecule has 6 nitrogen and oxygen atoms in total. The lowest BCUT2D eigenvalue weighted by molar-refractivity contribution is 0.395. The van der Waals surface area contributed by atoms with Gasteiger partial charge < -0.3 is 10.1 Å². The van der Waals surface area contributed by atoms with Crippen molar-refractivity contribution in [3.05, 3.63) is 71.4 Å². The third-order valence-corrected chi connectivity index (χ3v) is 6.72. The van der Waals surface area contributed by atoms with E-state index in [4.69, 9.17) is 4.74 Å². The van der Waals surface area contributed by atoms with Crippen molar-refractivity contribution in [2.75, 3.05) is 25.2 Å². The van der Waals surface area contributed by atoms with Crippen molar-refractivity contribution in [1.29, 1.82) is 0 Å². The molecule has 0 aliphatic carbocycles. The van der Waals surface area contributed by atoms with Gasteiger partial charge >= 0.3 is 0 Å². The summed E-state index contributed by atoms with van der Waals surface area (Å²) in [5.41, 5.74) is 7.49.